The minimum atomic E-state index is -0.140. The van der Waals surface area contributed by atoms with Crippen molar-refractivity contribution in [2.45, 2.75) is 32.7 Å². The van der Waals surface area contributed by atoms with Crippen LogP contribution >= 0.6 is 0 Å². The Morgan fingerprint density at radius 1 is 1.15 bits per heavy atom. The van der Waals surface area contributed by atoms with Crippen molar-refractivity contribution in [2.24, 2.45) is 5.92 Å². The fourth-order valence-corrected chi connectivity index (χ4v) is 3.81. The highest BCUT2D eigenvalue weighted by Gasteiger charge is 2.28. The van der Waals surface area contributed by atoms with Gasteiger partial charge in [-0.3, -0.25) is 9.69 Å². The van der Waals surface area contributed by atoms with Crippen molar-refractivity contribution in [1.29, 1.82) is 0 Å². The molecular formula is C21H32N4O2. The number of nitrogens with zero attached hydrogens (tertiary/aromatic N) is 3. The smallest absolute Gasteiger partial charge is 0.317 e. The van der Waals surface area contributed by atoms with Crippen molar-refractivity contribution >= 4 is 11.9 Å². The molecular weight excluding hydrogens is 340 g/mol. The Hall–Kier alpha value is -2.08. The summed E-state index contributed by atoms with van der Waals surface area (Å²) in [6, 6.07) is 8.64. The second-order valence-corrected chi connectivity index (χ2v) is 8.07. The van der Waals surface area contributed by atoms with Gasteiger partial charge in [-0.15, -0.1) is 0 Å². The predicted octanol–water partition coefficient (Wildman–Crippen LogP) is 2.25. The average Bonchev–Trinajstić information content (AvgIpc) is 2.66. The van der Waals surface area contributed by atoms with Gasteiger partial charge in [0.15, 0.2) is 0 Å². The molecule has 2 heterocycles. The van der Waals surface area contributed by atoms with Crippen LogP contribution in [-0.2, 0) is 4.79 Å². The number of hydrogen-bond acceptors (Lipinski definition) is 3. The van der Waals surface area contributed by atoms with Crippen LogP contribution < -0.4 is 5.32 Å². The lowest BCUT2D eigenvalue weighted by Gasteiger charge is -2.38. The van der Waals surface area contributed by atoms with E-state index in [-0.39, 0.29) is 24.5 Å². The van der Waals surface area contributed by atoms with E-state index in [4.69, 9.17) is 0 Å². The first-order chi connectivity index (χ1) is 12.9. The third-order valence-corrected chi connectivity index (χ3v) is 5.91. The molecule has 0 radical (unpaired) electrons. The van der Waals surface area contributed by atoms with Crippen molar-refractivity contribution in [1.82, 2.24) is 20.0 Å². The van der Waals surface area contributed by atoms with E-state index >= 15 is 0 Å². The lowest BCUT2D eigenvalue weighted by Crippen LogP contribution is -2.54. The molecule has 1 aromatic carbocycles. The van der Waals surface area contributed by atoms with Gasteiger partial charge in [-0.2, -0.15) is 0 Å². The molecule has 1 aromatic rings. The summed E-state index contributed by atoms with van der Waals surface area (Å²) in [4.78, 5) is 30.3. The minimum Gasteiger partial charge on any atom is -0.342 e. The molecule has 2 aliphatic heterocycles. The van der Waals surface area contributed by atoms with Crippen LogP contribution in [0.2, 0.25) is 0 Å². The second kappa shape index (κ2) is 8.74. The zero-order valence-electron chi connectivity index (χ0n) is 16.8. The van der Waals surface area contributed by atoms with Crippen LogP contribution in [0.15, 0.2) is 24.3 Å². The van der Waals surface area contributed by atoms with Gasteiger partial charge in [0.2, 0.25) is 5.91 Å². The number of benzene rings is 1. The van der Waals surface area contributed by atoms with Crippen LogP contribution in [0, 0.1) is 12.8 Å². The van der Waals surface area contributed by atoms with E-state index in [1.54, 1.807) is 16.8 Å². The van der Waals surface area contributed by atoms with Crippen LogP contribution in [-0.4, -0.2) is 73.0 Å². The summed E-state index contributed by atoms with van der Waals surface area (Å²) in [6.45, 7) is 8.43. The molecule has 0 unspecified atom stereocenters. The number of nitrogens with one attached hydrogen (secondary N) is 1. The highest BCUT2D eigenvalue weighted by atomic mass is 16.2. The lowest BCUT2D eigenvalue weighted by atomic mass is 9.95. The van der Waals surface area contributed by atoms with Gasteiger partial charge in [0.1, 0.15) is 6.54 Å². The summed E-state index contributed by atoms with van der Waals surface area (Å²) in [6.07, 6.45) is 2.40. The number of aryl methyl sites for hydroxylation is 1. The number of rotatable bonds is 4. The topological polar surface area (TPSA) is 55.9 Å². The molecule has 1 atom stereocenters. The molecule has 0 aromatic heterocycles. The van der Waals surface area contributed by atoms with E-state index in [2.05, 4.69) is 48.3 Å². The number of carbonyl (C=O) groups is 2. The SMILES string of the molecule is Cc1ccc([C@H](CNC(=O)N2CCN(C)C(=O)C2)N2CCC(C)CC2)cc1. The number of likely N-dealkylation sites (tertiary alicyclic amines) is 1. The van der Waals surface area contributed by atoms with Gasteiger partial charge in [-0.25, -0.2) is 4.79 Å². The van der Waals surface area contributed by atoms with Gasteiger partial charge in [0.25, 0.3) is 0 Å². The molecule has 2 aliphatic rings. The molecule has 3 amide bonds. The summed E-state index contributed by atoms with van der Waals surface area (Å²) in [5.41, 5.74) is 2.48. The van der Waals surface area contributed by atoms with Gasteiger partial charge in [0.05, 0.1) is 6.04 Å². The van der Waals surface area contributed by atoms with Crippen molar-refractivity contribution in [2.75, 3.05) is 46.3 Å². The van der Waals surface area contributed by atoms with Gasteiger partial charge in [0, 0.05) is 26.7 Å². The van der Waals surface area contributed by atoms with Crippen LogP contribution in [0.25, 0.3) is 0 Å². The van der Waals surface area contributed by atoms with E-state index < -0.39 is 0 Å². The Balaban J connectivity index is 1.65. The highest BCUT2D eigenvalue weighted by molar-refractivity contribution is 5.85. The van der Waals surface area contributed by atoms with Gasteiger partial charge >= 0.3 is 6.03 Å². The van der Waals surface area contributed by atoms with Gasteiger partial charge in [-0.05, 0) is 44.3 Å². The van der Waals surface area contributed by atoms with E-state index in [0.717, 1.165) is 19.0 Å². The number of carbonyl (C=O) groups excluding carboxylic acids is 2. The largest absolute Gasteiger partial charge is 0.342 e. The summed E-state index contributed by atoms with van der Waals surface area (Å²) in [7, 11) is 1.78. The van der Waals surface area contributed by atoms with Gasteiger partial charge < -0.3 is 15.1 Å². The molecule has 0 aliphatic carbocycles. The lowest BCUT2D eigenvalue weighted by molar-refractivity contribution is -0.133. The normalized spacial score (nSPS) is 20.6. The maximum Gasteiger partial charge on any atom is 0.317 e. The number of piperazine rings is 1. The van der Waals surface area contributed by atoms with Crippen LogP contribution in [0.4, 0.5) is 4.79 Å². The molecule has 0 saturated carbocycles. The summed E-state index contributed by atoms with van der Waals surface area (Å²) < 4.78 is 0. The first-order valence-electron chi connectivity index (χ1n) is 10.0. The maximum absolute atomic E-state index is 12.6. The Morgan fingerprint density at radius 3 is 2.44 bits per heavy atom. The molecule has 0 bridgehead atoms. The molecule has 1 N–H and O–H groups in total. The van der Waals surface area contributed by atoms with Crippen molar-refractivity contribution in [3.8, 4) is 0 Å². The van der Waals surface area contributed by atoms with Crippen molar-refractivity contribution in [3.05, 3.63) is 35.4 Å². The summed E-state index contributed by atoms with van der Waals surface area (Å²) >= 11 is 0. The summed E-state index contributed by atoms with van der Waals surface area (Å²) in [5.74, 6) is 0.766. The predicted molar refractivity (Wildman–Crippen MR) is 106 cm³/mol. The molecule has 6 heteroatoms. The minimum absolute atomic E-state index is 0.00324. The summed E-state index contributed by atoms with van der Waals surface area (Å²) in [5, 5.41) is 3.08. The molecule has 0 spiro atoms. The van der Waals surface area contributed by atoms with E-state index in [9.17, 15) is 9.59 Å². The third kappa shape index (κ3) is 5.01. The van der Waals surface area contributed by atoms with E-state index in [1.165, 1.54) is 24.0 Å². The second-order valence-electron chi connectivity index (χ2n) is 8.07. The standard InChI is InChI=1S/C21H32N4O2/c1-16-4-6-18(7-5-16)19(24-10-8-17(2)9-11-24)14-22-21(27)25-13-12-23(3)20(26)15-25/h4-7,17,19H,8-15H2,1-3H3,(H,22,27)/t19-/m0/s1. The molecule has 27 heavy (non-hydrogen) atoms. The monoisotopic (exact) mass is 372 g/mol. The number of hydrogen-bond donors (Lipinski definition) is 1. The Kier molecular flexibility index (Phi) is 6.37. The molecule has 6 nitrogen and oxygen atoms in total. The number of piperidine rings is 1. The van der Waals surface area contributed by atoms with E-state index in [0.29, 0.717) is 19.6 Å². The maximum atomic E-state index is 12.6. The van der Waals surface area contributed by atoms with Crippen LogP contribution in [0.1, 0.15) is 36.9 Å². The number of urea groups is 1. The highest BCUT2D eigenvalue weighted by Crippen LogP contribution is 2.26. The number of likely N-dealkylation sites (N-methyl/N-ethyl adjacent to an activating group) is 1. The first-order valence-corrected chi connectivity index (χ1v) is 10.0. The first kappa shape index (κ1) is 19.7. The zero-order chi connectivity index (χ0) is 19.4. The fourth-order valence-electron chi connectivity index (χ4n) is 3.81. The zero-order valence-corrected chi connectivity index (χ0v) is 16.8. The molecule has 2 fully saturated rings. The average molecular weight is 373 g/mol. The Bertz CT molecular complexity index is 653. The Morgan fingerprint density at radius 2 is 1.81 bits per heavy atom. The molecule has 3 rings (SSSR count). The Labute approximate surface area is 162 Å². The molecule has 2 saturated heterocycles. The quantitative estimate of drug-likeness (QED) is 0.882. The van der Waals surface area contributed by atoms with Crippen molar-refractivity contribution in [3.63, 3.8) is 0 Å². The van der Waals surface area contributed by atoms with Crippen LogP contribution in [0.5, 0.6) is 0 Å². The van der Waals surface area contributed by atoms with Crippen LogP contribution in [0.3, 0.4) is 0 Å². The third-order valence-electron chi connectivity index (χ3n) is 5.91. The van der Waals surface area contributed by atoms with E-state index in [1.807, 2.05) is 0 Å². The van der Waals surface area contributed by atoms with Crippen molar-refractivity contribution < 1.29 is 9.59 Å². The van der Waals surface area contributed by atoms with Gasteiger partial charge in [-0.1, -0.05) is 36.8 Å². The fraction of sp³-hybridized carbons (Fsp3) is 0.619. The molecule has 148 valence electrons. The number of amides is 3.